The standard InChI is InChI=1S/C27H34FN3O2/c28-24-12-10-23(11-13-24)27(14-5-2-6-15-27)26(33)31-17-7-16-30(18-19-31)21-25(32)29-20-22-8-3-1-4-9-22/h1,3-4,8-13H,2,5-7,14-21H2,(H,29,32). The highest BCUT2D eigenvalue weighted by Gasteiger charge is 2.43. The molecule has 0 atom stereocenters. The molecule has 1 heterocycles. The summed E-state index contributed by atoms with van der Waals surface area (Å²) in [6.45, 7) is 3.67. The third kappa shape index (κ3) is 5.80. The van der Waals surface area contributed by atoms with Gasteiger partial charge in [0.2, 0.25) is 11.8 Å². The maximum Gasteiger partial charge on any atom is 0.234 e. The Balaban J connectivity index is 1.36. The van der Waals surface area contributed by atoms with E-state index in [1.54, 1.807) is 12.1 Å². The molecule has 0 bridgehead atoms. The second-order valence-corrected chi connectivity index (χ2v) is 9.33. The first-order valence-electron chi connectivity index (χ1n) is 12.2. The van der Waals surface area contributed by atoms with E-state index >= 15 is 0 Å². The van der Waals surface area contributed by atoms with Crippen LogP contribution in [0.4, 0.5) is 4.39 Å². The topological polar surface area (TPSA) is 52.7 Å². The van der Waals surface area contributed by atoms with Gasteiger partial charge in [-0.25, -0.2) is 4.39 Å². The number of carbonyl (C=O) groups is 2. The Morgan fingerprint density at radius 1 is 0.848 bits per heavy atom. The van der Waals surface area contributed by atoms with Crippen LogP contribution in [0.15, 0.2) is 54.6 Å². The molecule has 33 heavy (non-hydrogen) atoms. The van der Waals surface area contributed by atoms with Crippen LogP contribution in [0.2, 0.25) is 0 Å². The molecule has 0 unspecified atom stereocenters. The lowest BCUT2D eigenvalue weighted by Crippen LogP contribution is -2.49. The molecule has 4 rings (SSSR count). The highest BCUT2D eigenvalue weighted by molar-refractivity contribution is 5.88. The molecular weight excluding hydrogens is 417 g/mol. The Bertz CT molecular complexity index is 926. The lowest BCUT2D eigenvalue weighted by molar-refractivity contribution is -0.138. The van der Waals surface area contributed by atoms with E-state index in [9.17, 15) is 14.0 Å². The van der Waals surface area contributed by atoms with Crippen LogP contribution < -0.4 is 5.32 Å². The molecule has 1 saturated heterocycles. The molecule has 0 spiro atoms. The Kier molecular flexibility index (Phi) is 7.76. The monoisotopic (exact) mass is 451 g/mol. The Labute approximate surface area is 196 Å². The van der Waals surface area contributed by atoms with Crippen molar-refractivity contribution in [1.29, 1.82) is 0 Å². The molecule has 1 saturated carbocycles. The van der Waals surface area contributed by atoms with Gasteiger partial charge in [-0.2, -0.15) is 0 Å². The molecule has 1 N–H and O–H groups in total. The molecular formula is C27H34FN3O2. The van der Waals surface area contributed by atoms with Gasteiger partial charge in [-0.3, -0.25) is 14.5 Å². The zero-order chi connectivity index (χ0) is 23.1. The second kappa shape index (κ2) is 10.9. The van der Waals surface area contributed by atoms with Crippen molar-refractivity contribution in [2.75, 3.05) is 32.7 Å². The van der Waals surface area contributed by atoms with Crippen molar-refractivity contribution in [2.24, 2.45) is 0 Å². The number of rotatable bonds is 6. The fourth-order valence-corrected chi connectivity index (χ4v) is 5.24. The van der Waals surface area contributed by atoms with Gasteiger partial charge >= 0.3 is 0 Å². The number of amides is 2. The molecule has 0 aromatic heterocycles. The van der Waals surface area contributed by atoms with Crippen LogP contribution in [0.1, 0.15) is 49.7 Å². The molecule has 2 aliphatic rings. The molecule has 2 aromatic carbocycles. The first-order chi connectivity index (χ1) is 16.1. The summed E-state index contributed by atoms with van der Waals surface area (Å²) >= 11 is 0. The number of carbonyl (C=O) groups excluding carboxylic acids is 2. The Hall–Kier alpha value is -2.73. The molecule has 1 aliphatic heterocycles. The van der Waals surface area contributed by atoms with Gasteiger partial charge in [0.25, 0.3) is 0 Å². The lowest BCUT2D eigenvalue weighted by Gasteiger charge is -2.40. The summed E-state index contributed by atoms with van der Waals surface area (Å²) in [5, 5.41) is 2.99. The van der Waals surface area contributed by atoms with Crippen LogP contribution >= 0.6 is 0 Å². The molecule has 2 fully saturated rings. The first kappa shape index (κ1) is 23.4. The average molecular weight is 452 g/mol. The third-order valence-corrected chi connectivity index (χ3v) is 7.09. The second-order valence-electron chi connectivity index (χ2n) is 9.33. The van der Waals surface area contributed by atoms with Gasteiger partial charge in [-0.05, 0) is 42.5 Å². The fourth-order valence-electron chi connectivity index (χ4n) is 5.24. The van der Waals surface area contributed by atoms with Crippen LogP contribution in [0.5, 0.6) is 0 Å². The van der Waals surface area contributed by atoms with Crippen molar-refractivity contribution >= 4 is 11.8 Å². The smallest absolute Gasteiger partial charge is 0.234 e. The highest BCUT2D eigenvalue weighted by atomic mass is 19.1. The van der Waals surface area contributed by atoms with E-state index in [4.69, 9.17) is 0 Å². The minimum absolute atomic E-state index is 0.00805. The van der Waals surface area contributed by atoms with Crippen LogP contribution in [0.25, 0.3) is 0 Å². The summed E-state index contributed by atoms with van der Waals surface area (Å²) in [5.74, 6) is -0.0917. The van der Waals surface area contributed by atoms with Gasteiger partial charge in [0.15, 0.2) is 0 Å². The van der Waals surface area contributed by atoms with E-state index in [1.807, 2.05) is 35.2 Å². The minimum Gasteiger partial charge on any atom is -0.351 e. The van der Waals surface area contributed by atoms with Crippen LogP contribution in [-0.4, -0.2) is 54.3 Å². The molecule has 1 aliphatic carbocycles. The molecule has 2 amide bonds. The maximum atomic E-state index is 13.8. The van der Waals surface area contributed by atoms with Crippen molar-refractivity contribution in [3.63, 3.8) is 0 Å². The van der Waals surface area contributed by atoms with Crippen LogP contribution in [-0.2, 0) is 21.5 Å². The Morgan fingerprint density at radius 3 is 2.30 bits per heavy atom. The van der Waals surface area contributed by atoms with Crippen molar-refractivity contribution < 1.29 is 14.0 Å². The van der Waals surface area contributed by atoms with Gasteiger partial charge in [0.1, 0.15) is 5.82 Å². The molecule has 0 radical (unpaired) electrons. The van der Waals surface area contributed by atoms with E-state index in [2.05, 4.69) is 10.2 Å². The zero-order valence-corrected chi connectivity index (χ0v) is 19.3. The van der Waals surface area contributed by atoms with Crippen molar-refractivity contribution in [1.82, 2.24) is 15.1 Å². The van der Waals surface area contributed by atoms with Crippen molar-refractivity contribution in [3.8, 4) is 0 Å². The van der Waals surface area contributed by atoms with Gasteiger partial charge in [0.05, 0.1) is 12.0 Å². The average Bonchev–Trinajstić information content (AvgIpc) is 3.09. The fraction of sp³-hybridized carbons (Fsp3) is 0.481. The van der Waals surface area contributed by atoms with Crippen molar-refractivity contribution in [3.05, 3.63) is 71.5 Å². The van der Waals surface area contributed by atoms with Gasteiger partial charge in [0, 0.05) is 32.7 Å². The quantitative estimate of drug-likeness (QED) is 0.725. The third-order valence-electron chi connectivity index (χ3n) is 7.09. The minimum atomic E-state index is -0.547. The summed E-state index contributed by atoms with van der Waals surface area (Å²) in [6, 6.07) is 16.4. The molecule has 176 valence electrons. The lowest BCUT2D eigenvalue weighted by atomic mass is 9.68. The predicted molar refractivity (Wildman–Crippen MR) is 127 cm³/mol. The maximum absolute atomic E-state index is 13.8. The number of nitrogens with one attached hydrogen (secondary N) is 1. The van der Waals surface area contributed by atoms with Crippen LogP contribution in [0.3, 0.4) is 0 Å². The normalized spacial score (nSPS) is 19.0. The summed E-state index contributed by atoms with van der Waals surface area (Å²) in [7, 11) is 0. The van der Waals surface area contributed by atoms with E-state index < -0.39 is 5.41 Å². The van der Waals surface area contributed by atoms with Gasteiger partial charge in [-0.1, -0.05) is 61.7 Å². The Morgan fingerprint density at radius 2 is 1.58 bits per heavy atom. The zero-order valence-electron chi connectivity index (χ0n) is 19.3. The van der Waals surface area contributed by atoms with Crippen LogP contribution in [0, 0.1) is 5.82 Å². The highest BCUT2D eigenvalue weighted by Crippen LogP contribution is 2.41. The molecule has 5 nitrogen and oxygen atoms in total. The largest absolute Gasteiger partial charge is 0.351 e. The number of halogens is 1. The molecule has 6 heteroatoms. The van der Waals surface area contributed by atoms with E-state index in [0.29, 0.717) is 32.7 Å². The predicted octanol–water partition coefficient (Wildman–Crippen LogP) is 3.88. The van der Waals surface area contributed by atoms with Gasteiger partial charge < -0.3 is 10.2 Å². The number of hydrogen-bond donors (Lipinski definition) is 1. The van der Waals surface area contributed by atoms with E-state index in [-0.39, 0.29) is 17.6 Å². The SMILES string of the molecule is O=C(CN1CCCN(C(=O)C2(c3ccc(F)cc3)CCCCC2)CC1)NCc1ccccc1. The first-order valence-corrected chi connectivity index (χ1v) is 12.2. The van der Waals surface area contributed by atoms with Gasteiger partial charge in [-0.15, -0.1) is 0 Å². The summed E-state index contributed by atoms with van der Waals surface area (Å²) in [4.78, 5) is 30.4. The number of hydrogen-bond acceptors (Lipinski definition) is 3. The van der Waals surface area contributed by atoms with E-state index in [0.717, 1.165) is 56.2 Å². The summed E-state index contributed by atoms with van der Waals surface area (Å²) in [6.07, 6.45) is 5.66. The number of benzene rings is 2. The number of nitrogens with zero attached hydrogens (tertiary/aromatic N) is 2. The van der Waals surface area contributed by atoms with Crippen molar-refractivity contribution in [2.45, 2.75) is 50.5 Å². The molecule has 2 aromatic rings. The summed E-state index contributed by atoms with van der Waals surface area (Å²) in [5.41, 5.74) is 1.47. The van der Waals surface area contributed by atoms with E-state index in [1.165, 1.54) is 12.1 Å². The summed E-state index contributed by atoms with van der Waals surface area (Å²) < 4.78 is 13.6.